The molecule has 0 saturated carbocycles. The van der Waals surface area contributed by atoms with Crippen LogP contribution in [0, 0.1) is 11.6 Å². The van der Waals surface area contributed by atoms with Gasteiger partial charge < -0.3 is 41.0 Å². The predicted molar refractivity (Wildman–Crippen MR) is 210 cm³/mol. The monoisotopic (exact) mass is 756 g/mol. The van der Waals surface area contributed by atoms with Crippen LogP contribution in [0.15, 0.2) is 78.9 Å². The van der Waals surface area contributed by atoms with Crippen LogP contribution >= 0.6 is 0 Å². The molecule has 6 heterocycles. The molecule has 9 rings (SSSR count). The molecule has 3 aromatic carbocycles. The number of carbonyl (C=O) groups is 1. The van der Waals surface area contributed by atoms with Gasteiger partial charge in [0.25, 0.3) is 0 Å². The smallest absolute Gasteiger partial charge is 0.225 e. The number of rotatable bonds is 8. The van der Waals surface area contributed by atoms with Crippen LogP contribution in [0.4, 0.5) is 32.3 Å². The van der Waals surface area contributed by atoms with Gasteiger partial charge in [-0.15, -0.1) is 0 Å². The molecule has 0 bridgehead atoms. The number of aromatic amines is 1. The van der Waals surface area contributed by atoms with E-state index in [9.17, 15) is 13.6 Å². The maximum Gasteiger partial charge on any atom is 0.225 e. The number of hydrogen-bond acceptors (Lipinski definition) is 12. The van der Waals surface area contributed by atoms with Crippen molar-refractivity contribution in [2.45, 2.75) is 12.5 Å². The number of nitrogens with two attached hydrogens (primary N) is 2. The largest absolute Gasteiger partial charge is 0.368 e. The third-order valence-electron chi connectivity index (χ3n) is 10.3. The van der Waals surface area contributed by atoms with Crippen LogP contribution in [0.3, 0.4) is 0 Å². The van der Waals surface area contributed by atoms with E-state index in [4.69, 9.17) is 21.4 Å². The molecule has 6 N–H and O–H groups in total. The molecule has 2 aliphatic rings. The van der Waals surface area contributed by atoms with Crippen LogP contribution in [-0.2, 0) is 4.79 Å². The number of nitrogens with one attached hydrogen (secondary N) is 2. The van der Waals surface area contributed by atoms with Crippen LogP contribution in [0.5, 0.6) is 0 Å². The fourth-order valence-electron chi connectivity index (χ4n) is 7.54. The highest BCUT2D eigenvalue weighted by Crippen LogP contribution is 2.37. The molecule has 1 unspecified atom stereocenters. The van der Waals surface area contributed by atoms with Crippen molar-refractivity contribution in [2.24, 2.45) is 0 Å². The Bertz CT molecular complexity index is 2530. The van der Waals surface area contributed by atoms with Crippen LogP contribution < -0.4 is 26.6 Å². The van der Waals surface area contributed by atoms with Crippen molar-refractivity contribution < 1.29 is 13.6 Å². The average Bonchev–Trinajstić information content (AvgIpc) is 3.82. The zero-order valence-corrected chi connectivity index (χ0v) is 30.2. The maximum absolute atomic E-state index is 14.4. The van der Waals surface area contributed by atoms with Crippen LogP contribution in [0.2, 0.25) is 0 Å². The van der Waals surface area contributed by atoms with E-state index in [1.165, 1.54) is 24.3 Å². The minimum atomic E-state index is -0.548. The number of amides is 1. The maximum atomic E-state index is 14.4. The number of nitrogen functional groups attached to an aromatic ring is 2. The highest BCUT2D eigenvalue weighted by Gasteiger charge is 2.32. The third kappa shape index (κ3) is 6.65. The molecule has 1 amide bonds. The highest BCUT2D eigenvalue weighted by molar-refractivity contribution is 5.90. The van der Waals surface area contributed by atoms with Gasteiger partial charge in [-0.1, -0.05) is 30.3 Å². The molecule has 0 radical (unpaired) electrons. The van der Waals surface area contributed by atoms with Gasteiger partial charge in [0.1, 0.15) is 28.8 Å². The standard InChI is InChI=1S/C39H38F2N14O/c40-26-10-6-24(7-11-26)32-45-30-33(47-32)48-38(42)49-35(30)54-20-18-52(19-21-54)29(56)22-28(23-4-2-1-3-5-23)55-34(25-8-12-27(41)13-9-25)46-31-36(50-39(43)51-37(31)55)53-16-14-44-15-17-53/h1-13,28,44H,14-22H2,(H2,43,50,51)(H3,42,45,47,48,49). The number of fused-ring (bicyclic) bond motifs is 2. The summed E-state index contributed by atoms with van der Waals surface area (Å²) >= 11 is 0. The Morgan fingerprint density at radius 2 is 1.32 bits per heavy atom. The number of nitrogens with zero attached hydrogens (tertiary/aromatic N) is 10. The molecule has 7 aromatic rings. The highest BCUT2D eigenvalue weighted by atomic mass is 19.1. The predicted octanol–water partition coefficient (Wildman–Crippen LogP) is 4.01. The molecule has 1 atom stereocenters. The molecule has 2 saturated heterocycles. The Labute approximate surface area is 319 Å². The van der Waals surface area contributed by atoms with E-state index >= 15 is 0 Å². The number of anilines is 4. The SMILES string of the molecule is Nc1nc(N2CCN(C(=O)CC(c3ccccc3)n3c(-c4ccc(F)cc4)nc4c(N5CCNCC5)nc(N)nc43)CC2)c2[nH]c(-c3ccc(F)cc3)nc2n1. The number of carbonyl (C=O) groups excluding carboxylic acids is 1. The summed E-state index contributed by atoms with van der Waals surface area (Å²) in [6, 6.07) is 21.4. The van der Waals surface area contributed by atoms with Crippen molar-refractivity contribution in [1.29, 1.82) is 0 Å². The minimum Gasteiger partial charge on any atom is -0.368 e. The first kappa shape index (κ1) is 35.0. The van der Waals surface area contributed by atoms with Crippen molar-refractivity contribution in [3.8, 4) is 22.8 Å². The molecular weight excluding hydrogens is 719 g/mol. The lowest BCUT2D eigenvalue weighted by molar-refractivity contribution is -0.132. The topological polar surface area (TPSA) is 189 Å². The Morgan fingerprint density at radius 3 is 2.02 bits per heavy atom. The number of piperazine rings is 2. The first-order chi connectivity index (χ1) is 27.3. The van der Waals surface area contributed by atoms with E-state index in [2.05, 4.69) is 40.0 Å². The first-order valence-electron chi connectivity index (χ1n) is 18.4. The van der Waals surface area contributed by atoms with E-state index in [0.29, 0.717) is 96.0 Å². The number of aromatic nitrogens is 8. The minimum absolute atomic E-state index is 0.0674. The molecule has 4 aromatic heterocycles. The number of imidazole rings is 2. The Morgan fingerprint density at radius 1 is 0.696 bits per heavy atom. The van der Waals surface area contributed by atoms with Crippen LogP contribution in [0.1, 0.15) is 18.0 Å². The van der Waals surface area contributed by atoms with Gasteiger partial charge in [-0.25, -0.2) is 18.7 Å². The van der Waals surface area contributed by atoms with E-state index in [1.807, 2.05) is 39.8 Å². The number of H-pyrrole nitrogens is 1. The Kier molecular flexibility index (Phi) is 9.05. The van der Waals surface area contributed by atoms with E-state index < -0.39 is 6.04 Å². The number of hydrogen-bond donors (Lipinski definition) is 4. The van der Waals surface area contributed by atoms with Gasteiger partial charge in [-0.05, 0) is 54.1 Å². The van der Waals surface area contributed by atoms with Gasteiger partial charge in [0.15, 0.2) is 28.4 Å². The Hall–Kier alpha value is -6.75. The number of halogens is 2. The lowest BCUT2D eigenvalue weighted by Crippen LogP contribution is -2.49. The first-order valence-corrected chi connectivity index (χ1v) is 18.4. The van der Waals surface area contributed by atoms with Gasteiger partial charge in [0, 0.05) is 63.5 Å². The van der Waals surface area contributed by atoms with Gasteiger partial charge in [0.2, 0.25) is 17.8 Å². The molecule has 0 aliphatic carbocycles. The molecule has 17 heteroatoms. The molecule has 0 spiro atoms. The van der Waals surface area contributed by atoms with Crippen molar-refractivity contribution in [1.82, 2.24) is 49.7 Å². The average molecular weight is 757 g/mol. The van der Waals surface area contributed by atoms with Crippen molar-refractivity contribution in [3.63, 3.8) is 0 Å². The van der Waals surface area contributed by atoms with Crippen LogP contribution in [-0.4, -0.2) is 103 Å². The summed E-state index contributed by atoms with van der Waals surface area (Å²) in [6.07, 6.45) is 0.0861. The normalized spacial score (nSPS) is 15.5. The summed E-state index contributed by atoms with van der Waals surface area (Å²) < 4.78 is 29.8. The van der Waals surface area contributed by atoms with Gasteiger partial charge in [-0.3, -0.25) is 4.79 Å². The summed E-state index contributed by atoms with van der Waals surface area (Å²) in [5.41, 5.74) is 16.8. The second-order valence-electron chi connectivity index (χ2n) is 13.8. The lowest BCUT2D eigenvalue weighted by Gasteiger charge is -2.36. The van der Waals surface area contributed by atoms with E-state index in [-0.39, 0.29) is 35.9 Å². The summed E-state index contributed by atoms with van der Waals surface area (Å²) in [5.74, 6) is 1.61. The van der Waals surface area contributed by atoms with Gasteiger partial charge >= 0.3 is 0 Å². The van der Waals surface area contributed by atoms with Gasteiger partial charge in [-0.2, -0.15) is 19.9 Å². The third-order valence-corrected chi connectivity index (χ3v) is 10.3. The summed E-state index contributed by atoms with van der Waals surface area (Å²) in [6.45, 7) is 4.76. The molecule has 2 aliphatic heterocycles. The molecule has 56 heavy (non-hydrogen) atoms. The number of benzene rings is 3. The van der Waals surface area contributed by atoms with E-state index in [0.717, 1.165) is 18.7 Å². The fourth-order valence-corrected chi connectivity index (χ4v) is 7.54. The Balaban J connectivity index is 1.04. The summed E-state index contributed by atoms with van der Waals surface area (Å²) in [5, 5.41) is 3.37. The fraction of sp³-hybridized carbons (Fsp3) is 0.256. The second-order valence-corrected chi connectivity index (χ2v) is 13.8. The molecule has 15 nitrogen and oxygen atoms in total. The summed E-state index contributed by atoms with van der Waals surface area (Å²) in [4.78, 5) is 51.7. The van der Waals surface area contributed by atoms with Crippen molar-refractivity contribution in [3.05, 3.63) is 96.1 Å². The molecule has 2 fully saturated rings. The van der Waals surface area contributed by atoms with Crippen LogP contribution in [0.25, 0.3) is 45.1 Å². The van der Waals surface area contributed by atoms with Crippen molar-refractivity contribution in [2.75, 3.05) is 73.6 Å². The molecule has 284 valence electrons. The second kappa shape index (κ2) is 14.5. The van der Waals surface area contributed by atoms with Gasteiger partial charge in [0.05, 0.1) is 12.5 Å². The lowest BCUT2D eigenvalue weighted by atomic mass is 10.0. The summed E-state index contributed by atoms with van der Waals surface area (Å²) in [7, 11) is 0. The van der Waals surface area contributed by atoms with E-state index in [1.54, 1.807) is 24.3 Å². The quantitative estimate of drug-likeness (QED) is 0.175. The zero-order chi connectivity index (χ0) is 38.3. The zero-order valence-electron chi connectivity index (χ0n) is 30.2. The molecular formula is C39H38F2N14O. The van der Waals surface area contributed by atoms with Crippen molar-refractivity contribution >= 4 is 51.8 Å².